The summed E-state index contributed by atoms with van der Waals surface area (Å²) in [7, 11) is 1.10. The van der Waals surface area contributed by atoms with Crippen molar-refractivity contribution in [2.75, 3.05) is 0 Å². The number of nitro groups is 2. The predicted molar refractivity (Wildman–Crippen MR) is 223 cm³/mol. The largest absolute Gasteiger partial charge is 0.491 e. The van der Waals surface area contributed by atoms with E-state index in [1.807, 2.05) is 100 Å². The fourth-order valence-corrected chi connectivity index (χ4v) is 8.44. The summed E-state index contributed by atoms with van der Waals surface area (Å²) in [6.45, 7) is 7.88. The van der Waals surface area contributed by atoms with E-state index < -0.39 is 72.4 Å². The van der Waals surface area contributed by atoms with E-state index in [1.165, 1.54) is 0 Å². The second-order valence-electron chi connectivity index (χ2n) is 16.1. The third-order valence-electron chi connectivity index (χ3n) is 11.0. The molecule has 15 heteroatoms. The highest BCUT2D eigenvalue weighted by atomic mass is 16.6. The summed E-state index contributed by atoms with van der Waals surface area (Å²) < 4.78 is 12.1. The first-order chi connectivity index (χ1) is 28.4. The number of benzene rings is 4. The number of amides is 2. The Labute approximate surface area is 345 Å². The van der Waals surface area contributed by atoms with Crippen molar-refractivity contribution in [1.29, 1.82) is 0 Å². The molecule has 2 amide bonds. The standard InChI is InChI=1S/C44H52BN6O8/c1-27(2)25-33(46-43(52)39-35(29-17-9-5-10-18-29)41(50(54)55)37(48-39)31-21-13-7-14-22-31)58-45-59-34(26-28(3)4)47-44(53)40-36(30-19-11-6-12-20-30)42(51(56)57)38(49-40)32-23-15-8-16-24-32/h5-24,27-28,33-42,48-49H,25-26H2,1-4H3,(H,46,52)(H,47,53)/t33-,34-,35-,36-,37-,38-,39-,40-,41+,42+/m1/s1. The number of carbonyl (C=O) groups excluding carboxylic acids is 2. The molecule has 4 aromatic carbocycles. The van der Waals surface area contributed by atoms with Crippen molar-refractivity contribution in [1.82, 2.24) is 21.3 Å². The van der Waals surface area contributed by atoms with E-state index in [9.17, 15) is 29.8 Å². The first kappa shape index (κ1) is 43.1. The lowest BCUT2D eigenvalue weighted by atomic mass is 9.85. The second kappa shape index (κ2) is 20.0. The molecule has 14 nitrogen and oxygen atoms in total. The molecule has 0 aliphatic carbocycles. The maximum absolute atomic E-state index is 14.2. The summed E-state index contributed by atoms with van der Waals surface area (Å²) in [4.78, 5) is 53.2. The van der Waals surface area contributed by atoms with Gasteiger partial charge in [0.2, 0.25) is 23.9 Å². The first-order valence-corrected chi connectivity index (χ1v) is 20.1. The van der Waals surface area contributed by atoms with Gasteiger partial charge in [-0.25, -0.2) is 0 Å². The van der Waals surface area contributed by atoms with Gasteiger partial charge in [0.25, 0.3) is 0 Å². The van der Waals surface area contributed by atoms with Gasteiger partial charge in [-0.1, -0.05) is 149 Å². The summed E-state index contributed by atoms with van der Waals surface area (Å²) in [6.07, 6.45) is -1.01. The van der Waals surface area contributed by atoms with Crippen LogP contribution in [0, 0.1) is 32.1 Å². The van der Waals surface area contributed by atoms with Crippen LogP contribution in [0.25, 0.3) is 0 Å². The SMILES string of the molecule is CC(C)C[C@H](NC(=O)[C@@H]1N[C@H](c2ccccc2)[C@@H]([N+](=O)[O-])[C@@H]1c1ccccc1)O[B]O[C@H](CC(C)C)NC(=O)[C@@H]1N[C@H](c2ccccc2)[C@@H]([N+](=O)[O-])[C@@H]1c1ccccc1. The van der Waals surface area contributed by atoms with Gasteiger partial charge < -0.3 is 19.9 Å². The van der Waals surface area contributed by atoms with E-state index in [0.29, 0.717) is 35.1 Å². The number of nitrogens with one attached hydrogen (secondary N) is 4. The van der Waals surface area contributed by atoms with Crippen LogP contribution in [0.2, 0.25) is 0 Å². The van der Waals surface area contributed by atoms with Crippen molar-refractivity contribution in [3.8, 4) is 0 Å². The molecular weight excluding hydrogens is 751 g/mol. The van der Waals surface area contributed by atoms with Crippen molar-refractivity contribution in [2.24, 2.45) is 11.8 Å². The zero-order valence-electron chi connectivity index (χ0n) is 33.6. The van der Waals surface area contributed by atoms with Crippen LogP contribution in [-0.4, -0.2) is 66.0 Å². The Hall–Kier alpha value is -5.48. The van der Waals surface area contributed by atoms with Gasteiger partial charge in [0.15, 0.2) is 0 Å². The Balaban J connectivity index is 1.18. The van der Waals surface area contributed by atoms with Crippen LogP contribution in [0.1, 0.15) is 86.7 Å². The molecule has 0 bridgehead atoms. The molecule has 309 valence electrons. The minimum atomic E-state index is -1.13. The quantitative estimate of drug-likeness (QED) is 0.0414. The molecule has 4 N–H and O–H groups in total. The van der Waals surface area contributed by atoms with E-state index in [1.54, 1.807) is 48.5 Å². The average molecular weight is 804 g/mol. The number of hydrogen-bond donors (Lipinski definition) is 4. The zero-order valence-corrected chi connectivity index (χ0v) is 33.6. The van der Waals surface area contributed by atoms with Crippen LogP contribution < -0.4 is 21.3 Å². The molecular formula is C44H52BN6O8. The minimum Gasteiger partial charge on any atom is -0.393 e. The van der Waals surface area contributed by atoms with Crippen molar-refractivity contribution in [3.05, 3.63) is 164 Å². The molecule has 6 rings (SSSR count). The lowest BCUT2D eigenvalue weighted by molar-refractivity contribution is -0.527. The van der Waals surface area contributed by atoms with Gasteiger partial charge in [-0.2, -0.15) is 0 Å². The van der Waals surface area contributed by atoms with Gasteiger partial charge in [0, 0.05) is 9.85 Å². The lowest BCUT2D eigenvalue weighted by Gasteiger charge is -2.27. The Bertz CT molecular complexity index is 1850. The fourth-order valence-electron chi connectivity index (χ4n) is 8.44. The van der Waals surface area contributed by atoms with Gasteiger partial charge >= 0.3 is 7.69 Å². The van der Waals surface area contributed by atoms with Crippen LogP contribution in [0.5, 0.6) is 0 Å². The van der Waals surface area contributed by atoms with Crippen LogP contribution in [-0.2, 0) is 18.9 Å². The van der Waals surface area contributed by atoms with Crippen molar-refractivity contribution in [2.45, 2.75) is 101 Å². The number of hydrogen-bond acceptors (Lipinski definition) is 10. The molecule has 0 saturated carbocycles. The highest BCUT2D eigenvalue weighted by molar-refractivity contribution is 6.18. The molecule has 59 heavy (non-hydrogen) atoms. The zero-order chi connectivity index (χ0) is 42.1. The van der Waals surface area contributed by atoms with E-state index in [0.717, 1.165) is 7.69 Å². The Kier molecular flexibility index (Phi) is 14.6. The molecule has 2 heterocycles. The van der Waals surface area contributed by atoms with Crippen LogP contribution in [0.3, 0.4) is 0 Å². The highest BCUT2D eigenvalue weighted by Crippen LogP contribution is 2.42. The second-order valence-corrected chi connectivity index (χ2v) is 16.1. The number of rotatable bonds is 18. The molecule has 4 aromatic rings. The van der Waals surface area contributed by atoms with Crippen LogP contribution >= 0.6 is 0 Å². The number of nitrogens with zero attached hydrogens (tertiary/aromatic N) is 2. The first-order valence-electron chi connectivity index (χ1n) is 20.1. The van der Waals surface area contributed by atoms with Crippen LogP contribution in [0.15, 0.2) is 121 Å². The average Bonchev–Trinajstić information content (AvgIpc) is 3.83. The summed E-state index contributed by atoms with van der Waals surface area (Å²) in [5.74, 6) is -2.38. The Morgan fingerprint density at radius 3 is 1.17 bits per heavy atom. The van der Waals surface area contributed by atoms with Gasteiger partial charge in [-0.3, -0.25) is 40.5 Å². The third kappa shape index (κ3) is 10.6. The summed E-state index contributed by atoms with van der Waals surface area (Å²) in [5.41, 5.74) is 2.73. The highest BCUT2D eigenvalue weighted by Gasteiger charge is 2.56. The fraction of sp³-hybridized carbons (Fsp3) is 0.409. The van der Waals surface area contributed by atoms with E-state index in [4.69, 9.17) is 9.31 Å². The van der Waals surface area contributed by atoms with E-state index in [-0.39, 0.29) is 21.7 Å². The summed E-state index contributed by atoms with van der Waals surface area (Å²) >= 11 is 0. The van der Waals surface area contributed by atoms with Gasteiger partial charge in [0.1, 0.15) is 36.6 Å². The van der Waals surface area contributed by atoms with E-state index in [2.05, 4.69) is 21.3 Å². The molecule has 1 radical (unpaired) electrons. The third-order valence-corrected chi connectivity index (χ3v) is 11.0. The molecule has 2 aliphatic heterocycles. The smallest absolute Gasteiger partial charge is 0.393 e. The summed E-state index contributed by atoms with van der Waals surface area (Å²) in [6, 6.07) is 30.5. The Morgan fingerprint density at radius 2 is 0.881 bits per heavy atom. The van der Waals surface area contributed by atoms with Crippen molar-refractivity contribution >= 4 is 19.5 Å². The number of carbonyl (C=O) groups is 2. The maximum Gasteiger partial charge on any atom is 0.491 e. The molecule has 0 unspecified atom stereocenters. The normalized spacial score (nSPS) is 25.0. The molecule has 2 aliphatic rings. The summed E-state index contributed by atoms with van der Waals surface area (Å²) in [5, 5.41) is 37.9. The van der Waals surface area contributed by atoms with Crippen molar-refractivity contribution in [3.63, 3.8) is 0 Å². The molecule has 2 fully saturated rings. The predicted octanol–water partition coefficient (Wildman–Crippen LogP) is 5.82. The van der Waals surface area contributed by atoms with Crippen molar-refractivity contribution < 1.29 is 28.7 Å². The minimum absolute atomic E-state index is 0.0698. The maximum atomic E-state index is 14.2. The molecule has 2 saturated heterocycles. The van der Waals surface area contributed by atoms with E-state index >= 15 is 0 Å². The monoisotopic (exact) mass is 803 g/mol. The molecule has 0 spiro atoms. The Morgan fingerprint density at radius 1 is 0.576 bits per heavy atom. The van der Waals surface area contributed by atoms with Gasteiger partial charge in [-0.05, 0) is 46.9 Å². The lowest BCUT2D eigenvalue weighted by Crippen LogP contribution is -2.51. The molecule has 0 aromatic heterocycles. The topological polar surface area (TPSA) is 187 Å². The molecule has 10 atom stereocenters. The van der Waals surface area contributed by atoms with Gasteiger partial charge in [0.05, 0.1) is 11.8 Å². The van der Waals surface area contributed by atoms with Crippen LogP contribution in [0.4, 0.5) is 0 Å². The van der Waals surface area contributed by atoms with Gasteiger partial charge in [-0.15, -0.1) is 0 Å².